The summed E-state index contributed by atoms with van der Waals surface area (Å²) in [5.41, 5.74) is 2.01. The molecule has 1 aromatic carbocycles. The Morgan fingerprint density at radius 3 is 2.43 bits per heavy atom. The van der Waals surface area contributed by atoms with Crippen molar-refractivity contribution in [2.75, 3.05) is 13.2 Å². The number of hydrogen-bond donors (Lipinski definition) is 1. The largest absolute Gasteiger partial charge is 0.456 e. The maximum Gasteiger partial charge on any atom is 0.326 e. The van der Waals surface area contributed by atoms with Crippen molar-refractivity contribution in [3.63, 3.8) is 0 Å². The van der Waals surface area contributed by atoms with E-state index in [2.05, 4.69) is 4.98 Å². The molecule has 2 amide bonds. The minimum absolute atomic E-state index is 0.333. The summed E-state index contributed by atoms with van der Waals surface area (Å²) in [5.74, 6) is -2.55. The van der Waals surface area contributed by atoms with Gasteiger partial charge in [0.05, 0.1) is 11.8 Å². The van der Waals surface area contributed by atoms with E-state index < -0.39 is 19.1 Å². The normalized spacial score (nSPS) is 21.2. The molecule has 0 spiro atoms. The van der Waals surface area contributed by atoms with Gasteiger partial charge in [-0.1, -0.05) is 30.4 Å². The van der Waals surface area contributed by atoms with Gasteiger partial charge in [0.25, 0.3) is 0 Å². The molecular formula is C21H20N2O5. The number of para-hydroxylation sites is 1. The molecule has 0 radical (unpaired) electrons. The number of Topliss-reactive ketones (excluding diaryl/α,β-unsaturated/α-hetero) is 1. The Balaban J connectivity index is 1.39. The van der Waals surface area contributed by atoms with Gasteiger partial charge in [-0.05, 0) is 25.8 Å². The van der Waals surface area contributed by atoms with E-state index in [4.69, 9.17) is 4.74 Å². The van der Waals surface area contributed by atoms with Crippen molar-refractivity contribution < 1.29 is 23.9 Å². The van der Waals surface area contributed by atoms with Gasteiger partial charge in [0.2, 0.25) is 17.6 Å². The second-order valence-electron chi connectivity index (χ2n) is 7.17. The van der Waals surface area contributed by atoms with Gasteiger partial charge >= 0.3 is 5.97 Å². The number of carbonyl (C=O) groups is 4. The third-order valence-electron chi connectivity index (χ3n) is 5.42. The van der Waals surface area contributed by atoms with E-state index in [1.165, 1.54) is 0 Å². The van der Waals surface area contributed by atoms with Gasteiger partial charge in [-0.15, -0.1) is 0 Å². The standard InChI is InChI=1S/C21H20N2O5/c1-12-19(15-8-4-5-9-16(15)22-12)17(24)11-28-18(25)10-23-20(26)13-6-2-3-7-14(13)21(23)27/h2-5,8-9,13-14,22H,6-7,10-11H2,1H3/t13-,14+. The van der Waals surface area contributed by atoms with Crippen molar-refractivity contribution in [2.45, 2.75) is 19.8 Å². The van der Waals surface area contributed by atoms with Crippen LogP contribution in [0.1, 0.15) is 28.9 Å². The Morgan fingerprint density at radius 1 is 1.11 bits per heavy atom. The quantitative estimate of drug-likeness (QED) is 0.371. The van der Waals surface area contributed by atoms with Crippen LogP contribution in [0.4, 0.5) is 0 Å². The first-order valence-electron chi connectivity index (χ1n) is 9.23. The smallest absolute Gasteiger partial charge is 0.326 e. The Morgan fingerprint density at radius 2 is 1.75 bits per heavy atom. The molecule has 1 saturated heterocycles. The first kappa shape index (κ1) is 18.2. The molecule has 7 heteroatoms. The van der Waals surface area contributed by atoms with Gasteiger partial charge < -0.3 is 9.72 Å². The number of fused-ring (bicyclic) bond motifs is 2. The van der Waals surface area contributed by atoms with E-state index in [0.717, 1.165) is 15.8 Å². The van der Waals surface area contributed by atoms with Crippen molar-refractivity contribution in [2.24, 2.45) is 11.8 Å². The molecule has 4 rings (SSSR count). The summed E-state index contributed by atoms with van der Waals surface area (Å²) in [6.07, 6.45) is 4.80. The molecule has 1 aliphatic heterocycles. The number of rotatable bonds is 5. The van der Waals surface area contributed by atoms with Gasteiger partial charge in [0, 0.05) is 22.2 Å². The summed E-state index contributed by atoms with van der Waals surface area (Å²) in [7, 11) is 0. The van der Waals surface area contributed by atoms with Crippen molar-refractivity contribution in [1.29, 1.82) is 0 Å². The lowest BCUT2D eigenvalue weighted by Crippen LogP contribution is -2.37. The highest BCUT2D eigenvalue weighted by atomic mass is 16.5. The van der Waals surface area contributed by atoms with E-state index in [0.29, 0.717) is 24.1 Å². The molecule has 2 atom stereocenters. The van der Waals surface area contributed by atoms with Crippen LogP contribution in [0.2, 0.25) is 0 Å². The van der Waals surface area contributed by atoms with E-state index in [1.807, 2.05) is 36.4 Å². The number of likely N-dealkylation sites (tertiary alicyclic amines) is 1. The number of aromatic amines is 1. The number of H-pyrrole nitrogens is 1. The number of carbonyl (C=O) groups excluding carboxylic acids is 4. The zero-order chi connectivity index (χ0) is 19.8. The molecule has 0 unspecified atom stereocenters. The van der Waals surface area contributed by atoms with Crippen LogP contribution in [-0.4, -0.2) is 46.6 Å². The van der Waals surface area contributed by atoms with Crippen LogP contribution in [0.25, 0.3) is 10.9 Å². The molecule has 2 aromatic rings. The first-order valence-corrected chi connectivity index (χ1v) is 9.23. The summed E-state index contributed by atoms with van der Waals surface area (Å²) >= 11 is 0. The van der Waals surface area contributed by atoms with Crippen LogP contribution in [0.5, 0.6) is 0 Å². The highest BCUT2D eigenvalue weighted by Crippen LogP contribution is 2.34. The van der Waals surface area contributed by atoms with Crippen LogP contribution in [0.3, 0.4) is 0 Å². The van der Waals surface area contributed by atoms with Crippen LogP contribution in [0.15, 0.2) is 36.4 Å². The average Bonchev–Trinajstić information content (AvgIpc) is 3.15. The minimum atomic E-state index is -0.765. The molecule has 1 aliphatic carbocycles. The van der Waals surface area contributed by atoms with Crippen LogP contribution >= 0.6 is 0 Å². The predicted molar refractivity (Wildman–Crippen MR) is 100 cm³/mol. The Labute approximate surface area is 161 Å². The molecule has 1 fully saturated rings. The fourth-order valence-corrected chi connectivity index (χ4v) is 4.05. The van der Waals surface area contributed by atoms with E-state index in [1.54, 1.807) is 6.92 Å². The van der Waals surface area contributed by atoms with Crippen LogP contribution < -0.4 is 0 Å². The average molecular weight is 380 g/mol. The number of aryl methyl sites for hydroxylation is 1. The molecule has 1 N–H and O–H groups in total. The number of nitrogens with one attached hydrogen (secondary N) is 1. The molecule has 1 aromatic heterocycles. The van der Waals surface area contributed by atoms with Crippen molar-refractivity contribution in [3.05, 3.63) is 47.7 Å². The Hall–Kier alpha value is -3.22. The van der Waals surface area contributed by atoms with Crippen molar-refractivity contribution >= 4 is 34.5 Å². The molecule has 2 heterocycles. The Kier molecular flexibility index (Phi) is 4.58. The number of amides is 2. The SMILES string of the molecule is Cc1[nH]c2ccccc2c1C(=O)COC(=O)CN1C(=O)[C@H]2CC=CC[C@H]2C1=O. The van der Waals surface area contributed by atoms with Crippen molar-refractivity contribution in [1.82, 2.24) is 9.88 Å². The second-order valence-corrected chi connectivity index (χ2v) is 7.17. The number of nitrogens with zero attached hydrogens (tertiary/aromatic N) is 1. The second kappa shape index (κ2) is 7.07. The number of imide groups is 1. The van der Waals surface area contributed by atoms with Crippen molar-refractivity contribution in [3.8, 4) is 0 Å². The molecule has 144 valence electrons. The Bertz CT molecular complexity index is 993. The third kappa shape index (κ3) is 3.02. The number of allylic oxidation sites excluding steroid dienone is 2. The fraction of sp³-hybridized carbons (Fsp3) is 0.333. The third-order valence-corrected chi connectivity index (χ3v) is 5.42. The van der Waals surface area contributed by atoms with Gasteiger partial charge in [-0.2, -0.15) is 0 Å². The summed E-state index contributed by atoms with van der Waals surface area (Å²) in [6, 6.07) is 7.39. The number of benzene rings is 1. The van der Waals surface area contributed by atoms with E-state index >= 15 is 0 Å². The zero-order valence-corrected chi connectivity index (χ0v) is 15.4. The summed E-state index contributed by atoms with van der Waals surface area (Å²) in [6.45, 7) is 0.892. The molecule has 2 aliphatic rings. The lowest BCUT2D eigenvalue weighted by atomic mass is 9.85. The highest BCUT2D eigenvalue weighted by molar-refractivity contribution is 6.10. The number of hydrogen-bond acceptors (Lipinski definition) is 5. The number of ether oxygens (including phenoxy) is 1. The lowest BCUT2D eigenvalue weighted by Gasteiger charge is -2.14. The van der Waals surface area contributed by atoms with E-state index in [9.17, 15) is 19.2 Å². The van der Waals surface area contributed by atoms with Crippen LogP contribution in [-0.2, 0) is 19.1 Å². The topological polar surface area (TPSA) is 96.5 Å². The van der Waals surface area contributed by atoms with Gasteiger partial charge in [0.1, 0.15) is 6.54 Å². The maximum atomic E-state index is 12.6. The fourth-order valence-electron chi connectivity index (χ4n) is 4.05. The monoisotopic (exact) mass is 380 g/mol. The minimum Gasteiger partial charge on any atom is -0.456 e. The molecule has 28 heavy (non-hydrogen) atoms. The number of esters is 1. The molecule has 7 nitrogen and oxygen atoms in total. The summed E-state index contributed by atoms with van der Waals surface area (Å²) in [5, 5.41) is 0.766. The van der Waals surface area contributed by atoms with Gasteiger partial charge in [-0.3, -0.25) is 24.1 Å². The first-order chi connectivity index (χ1) is 13.5. The van der Waals surface area contributed by atoms with Crippen LogP contribution in [0, 0.1) is 18.8 Å². The van der Waals surface area contributed by atoms with E-state index in [-0.39, 0.29) is 29.4 Å². The zero-order valence-electron chi connectivity index (χ0n) is 15.4. The predicted octanol–water partition coefficient (Wildman–Crippen LogP) is 2.15. The molecule has 0 saturated carbocycles. The summed E-state index contributed by atoms with van der Waals surface area (Å²) in [4.78, 5) is 53.6. The summed E-state index contributed by atoms with van der Waals surface area (Å²) < 4.78 is 5.08. The molecule has 0 bridgehead atoms. The lowest BCUT2D eigenvalue weighted by molar-refractivity contribution is -0.152. The van der Waals surface area contributed by atoms with Gasteiger partial charge in [0.15, 0.2) is 6.61 Å². The maximum absolute atomic E-state index is 12.6. The highest BCUT2D eigenvalue weighted by Gasteiger charge is 2.47. The number of ketones is 1. The number of aromatic nitrogens is 1. The van der Waals surface area contributed by atoms with Gasteiger partial charge in [-0.25, -0.2) is 0 Å². The molecular weight excluding hydrogens is 360 g/mol.